The van der Waals surface area contributed by atoms with Crippen LogP contribution < -0.4 is 15.4 Å². The van der Waals surface area contributed by atoms with Gasteiger partial charge < -0.3 is 15.4 Å². The van der Waals surface area contributed by atoms with E-state index < -0.39 is 0 Å². The lowest BCUT2D eigenvalue weighted by Gasteiger charge is -2.11. The molecule has 0 atom stereocenters. The Morgan fingerprint density at radius 2 is 1.65 bits per heavy atom. The third-order valence-electron chi connectivity index (χ3n) is 3.60. The zero-order chi connectivity index (χ0) is 16.1. The molecule has 118 valence electrons. The minimum absolute atomic E-state index is 0.00599. The number of fused-ring (bicyclic) bond motifs is 9. The second-order valence-electron chi connectivity index (χ2n) is 5.45. The van der Waals surface area contributed by atoms with E-state index in [1.165, 1.54) is 0 Å². The van der Waals surface area contributed by atoms with Gasteiger partial charge in [0.05, 0.1) is 13.0 Å². The van der Waals surface area contributed by atoms with Crippen LogP contribution in [-0.2, 0) is 22.4 Å². The van der Waals surface area contributed by atoms with Crippen molar-refractivity contribution >= 4 is 11.8 Å². The van der Waals surface area contributed by atoms with Crippen molar-refractivity contribution in [1.82, 2.24) is 10.6 Å². The van der Waals surface area contributed by atoms with E-state index in [0.29, 0.717) is 12.3 Å². The molecule has 0 saturated carbocycles. The molecule has 2 amide bonds. The Labute approximate surface area is 134 Å². The van der Waals surface area contributed by atoms with Gasteiger partial charge in [0.25, 0.3) is 0 Å². The van der Waals surface area contributed by atoms with Crippen LogP contribution in [0.1, 0.15) is 11.1 Å². The Morgan fingerprint density at radius 3 is 2.48 bits per heavy atom. The summed E-state index contributed by atoms with van der Waals surface area (Å²) in [6, 6.07) is 15.2. The quantitative estimate of drug-likeness (QED) is 0.780. The predicted octanol–water partition coefficient (Wildman–Crippen LogP) is 1.81. The van der Waals surface area contributed by atoms with Gasteiger partial charge in [-0.1, -0.05) is 24.3 Å². The average Bonchev–Trinajstić information content (AvgIpc) is 2.54. The van der Waals surface area contributed by atoms with E-state index in [1.54, 1.807) is 0 Å². The fourth-order valence-electron chi connectivity index (χ4n) is 2.41. The summed E-state index contributed by atoms with van der Waals surface area (Å²) in [4.78, 5) is 23.6. The Morgan fingerprint density at radius 1 is 0.826 bits per heavy atom. The summed E-state index contributed by atoms with van der Waals surface area (Å²) in [5.74, 6) is 1.06. The maximum atomic E-state index is 11.9. The lowest BCUT2D eigenvalue weighted by atomic mass is 10.1. The van der Waals surface area contributed by atoms with Gasteiger partial charge in [-0.05, 0) is 41.8 Å². The SMILES string of the molecule is O=C1CNC(=O)Cc2cccc(c2)Oc2ccc(cc2)CCN1. The summed E-state index contributed by atoms with van der Waals surface area (Å²) < 4.78 is 5.82. The molecular weight excluding hydrogens is 292 g/mol. The second kappa shape index (κ2) is 6.96. The third-order valence-corrected chi connectivity index (χ3v) is 3.60. The Hall–Kier alpha value is -2.82. The summed E-state index contributed by atoms with van der Waals surface area (Å²) in [6.45, 7) is 0.530. The summed E-state index contributed by atoms with van der Waals surface area (Å²) in [6.07, 6.45) is 0.943. The number of amides is 2. The number of nitrogens with one attached hydrogen (secondary N) is 2. The zero-order valence-corrected chi connectivity index (χ0v) is 12.7. The van der Waals surface area contributed by atoms with E-state index in [-0.39, 0.29) is 24.8 Å². The number of rotatable bonds is 0. The average molecular weight is 310 g/mol. The van der Waals surface area contributed by atoms with E-state index in [0.717, 1.165) is 23.3 Å². The summed E-state index contributed by atoms with van der Waals surface area (Å²) in [5.41, 5.74) is 1.95. The molecule has 4 bridgehead atoms. The molecule has 0 unspecified atom stereocenters. The van der Waals surface area contributed by atoms with Crippen molar-refractivity contribution in [2.75, 3.05) is 13.1 Å². The number of hydrogen-bond acceptors (Lipinski definition) is 3. The topological polar surface area (TPSA) is 67.4 Å². The molecule has 2 aliphatic rings. The van der Waals surface area contributed by atoms with Crippen molar-refractivity contribution in [2.24, 2.45) is 0 Å². The van der Waals surface area contributed by atoms with Gasteiger partial charge in [0, 0.05) is 6.54 Å². The van der Waals surface area contributed by atoms with E-state index in [2.05, 4.69) is 10.6 Å². The number of ether oxygens (including phenoxy) is 1. The highest BCUT2D eigenvalue weighted by molar-refractivity contribution is 5.85. The van der Waals surface area contributed by atoms with Gasteiger partial charge in [0.1, 0.15) is 11.5 Å². The third kappa shape index (κ3) is 4.32. The molecule has 2 N–H and O–H groups in total. The van der Waals surface area contributed by atoms with Crippen LogP contribution in [0.4, 0.5) is 0 Å². The van der Waals surface area contributed by atoms with Crippen LogP contribution in [0.5, 0.6) is 11.5 Å². The second-order valence-corrected chi connectivity index (χ2v) is 5.45. The van der Waals surface area contributed by atoms with Gasteiger partial charge >= 0.3 is 0 Å². The maximum Gasteiger partial charge on any atom is 0.239 e. The van der Waals surface area contributed by atoms with Crippen molar-refractivity contribution < 1.29 is 14.3 Å². The van der Waals surface area contributed by atoms with E-state index in [4.69, 9.17) is 4.74 Å². The molecule has 0 spiro atoms. The number of benzene rings is 2. The van der Waals surface area contributed by atoms with Gasteiger partial charge in [-0.3, -0.25) is 9.59 Å². The lowest BCUT2D eigenvalue weighted by molar-refractivity contribution is -0.125. The lowest BCUT2D eigenvalue weighted by Crippen LogP contribution is -2.38. The summed E-state index contributed by atoms with van der Waals surface area (Å²) in [5, 5.41) is 5.42. The largest absolute Gasteiger partial charge is 0.457 e. The van der Waals surface area contributed by atoms with Crippen LogP contribution in [0, 0.1) is 0 Å². The van der Waals surface area contributed by atoms with E-state index in [9.17, 15) is 9.59 Å². The Kier molecular flexibility index (Phi) is 4.57. The number of carbonyl (C=O) groups excluding carboxylic acids is 2. The van der Waals surface area contributed by atoms with Crippen molar-refractivity contribution in [3.8, 4) is 11.5 Å². The first-order valence-electron chi connectivity index (χ1n) is 7.58. The summed E-state index contributed by atoms with van der Waals surface area (Å²) in [7, 11) is 0. The fraction of sp³-hybridized carbons (Fsp3) is 0.222. The molecule has 5 heteroatoms. The van der Waals surface area contributed by atoms with Crippen molar-refractivity contribution in [2.45, 2.75) is 12.8 Å². The highest BCUT2D eigenvalue weighted by Crippen LogP contribution is 2.23. The van der Waals surface area contributed by atoms with Crippen molar-refractivity contribution in [1.29, 1.82) is 0 Å². The molecule has 0 aromatic heterocycles. The number of carbonyl (C=O) groups is 2. The van der Waals surface area contributed by atoms with Gasteiger partial charge in [-0.15, -0.1) is 0 Å². The van der Waals surface area contributed by atoms with Gasteiger partial charge in [0.15, 0.2) is 0 Å². The molecule has 2 aliphatic heterocycles. The molecule has 2 heterocycles. The molecule has 0 radical (unpaired) electrons. The van der Waals surface area contributed by atoms with Crippen molar-refractivity contribution in [3.05, 3.63) is 59.7 Å². The molecule has 0 fully saturated rings. The zero-order valence-electron chi connectivity index (χ0n) is 12.7. The van der Waals surface area contributed by atoms with Crippen LogP contribution in [0.15, 0.2) is 48.5 Å². The van der Waals surface area contributed by atoms with Gasteiger partial charge in [-0.2, -0.15) is 0 Å². The standard InChI is InChI=1S/C18H18N2O3/c21-17-11-14-2-1-3-16(10-14)23-15-6-4-13(5-7-15)8-9-19-18(22)12-20-17/h1-7,10H,8-9,11-12H2,(H,19,22)(H,20,21). The molecule has 23 heavy (non-hydrogen) atoms. The molecule has 5 nitrogen and oxygen atoms in total. The van der Waals surface area contributed by atoms with Crippen LogP contribution in [-0.4, -0.2) is 24.9 Å². The highest BCUT2D eigenvalue weighted by Gasteiger charge is 2.08. The molecule has 2 aromatic carbocycles. The minimum atomic E-state index is -0.187. The number of hydrogen-bond donors (Lipinski definition) is 2. The smallest absolute Gasteiger partial charge is 0.239 e. The molecule has 4 rings (SSSR count). The highest BCUT2D eigenvalue weighted by atomic mass is 16.5. The minimum Gasteiger partial charge on any atom is -0.457 e. The maximum absolute atomic E-state index is 11.9. The van der Waals surface area contributed by atoms with E-state index >= 15 is 0 Å². The molecule has 0 aliphatic carbocycles. The fourth-order valence-corrected chi connectivity index (χ4v) is 2.41. The van der Waals surface area contributed by atoms with Crippen LogP contribution in [0.2, 0.25) is 0 Å². The first-order valence-corrected chi connectivity index (χ1v) is 7.58. The first kappa shape index (κ1) is 15.1. The molecular formula is C18H18N2O3. The molecule has 0 saturated heterocycles. The Balaban J connectivity index is 1.84. The summed E-state index contributed by atoms with van der Waals surface area (Å²) >= 11 is 0. The van der Waals surface area contributed by atoms with Crippen molar-refractivity contribution in [3.63, 3.8) is 0 Å². The first-order chi connectivity index (χ1) is 11.2. The normalized spacial score (nSPS) is 15.5. The van der Waals surface area contributed by atoms with Gasteiger partial charge in [-0.25, -0.2) is 0 Å². The van der Waals surface area contributed by atoms with E-state index in [1.807, 2.05) is 48.5 Å². The van der Waals surface area contributed by atoms with Crippen LogP contribution in [0.25, 0.3) is 0 Å². The van der Waals surface area contributed by atoms with Crippen LogP contribution in [0.3, 0.4) is 0 Å². The van der Waals surface area contributed by atoms with Crippen LogP contribution >= 0.6 is 0 Å². The predicted molar refractivity (Wildman–Crippen MR) is 86.4 cm³/mol. The van der Waals surface area contributed by atoms with Gasteiger partial charge in [0.2, 0.25) is 11.8 Å². The monoisotopic (exact) mass is 310 g/mol. The molecule has 2 aromatic rings. The Bertz CT molecular complexity index is 710.